The molecule has 120 valence electrons. The van der Waals surface area contributed by atoms with Crippen LogP contribution in [-0.2, 0) is 9.84 Å². The smallest absolute Gasteiger partial charge is 0.258 e. The summed E-state index contributed by atoms with van der Waals surface area (Å²) in [7, 11) is -2.57. The van der Waals surface area contributed by atoms with Gasteiger partial charge in [-0.15, -0.1) is 10.2 Å². The zero-order valence-corrected chi connectivity index (χ0v) is 14.6. The quantitative estimate of drug-likeness (QED) is 0.715. The molecule has 9 heteroatoms. The van der Waals surface area contributed by atoms with Gasteiger partial charge in [-0.3, -0.25) is 0 Å². The van der Waals surface area contributed by atoms with Gasteiger partial charge in [-0.2, -0.15) is 0 Å². The van der Waals surface area contributed by atoms with Crippen LogP contribution in [0.2, 0.25) is 0 Å². The molecule has 0 spiro atoms. The minimum Gasteiger partial charge on any atom is -0.479 e. The summed E-state index contributed by atoms with van der Waals surface area (Å²) in [5, 5.41) is 7.77. The van der Waals surface area contributed by atoms with Crippen molar-refractivity contribution in [1.29, 1.82) is 0 Å². The molecule has 0 aliphatic carbocycles. The van der Waals surface area contributed by atoms with Gasteiger partial charge >= 0.3 is 0 Å². The Balaban J connectivity index is 2.30. The van der Waals surface area contributed by atoms with Crippen LogP contribution in [0.3, 0.4) is 0 Å². The van der Waals surface area contributed by atoms with E-state index in [0.29, 0.717) is 16.0 Å². The van der Waals surface area contributed by atoms with Gasteiger partial charge in [-0.05, 0) is 44.0 Å². The van der Waals surface area contributed by atoms with E-state index in [2.05, 4.69) is 20.2 Å². The highest BCUT2D eigenvalue weighted by Gasteiger charge is 2.29. The molecule has 0 unspecified atom stereocenters. The molecule has 0 aliphatic rings. The average Bonchev–Trinajstić information content (AvgIpc) is 2.94. The number of hydrogen-bond donors (Lipinski definition) is 0. The van der Waals surface area contributed by atoms with Gasteiger partial charge in [-0.25, -0.2) is 18.4 Å². The maximum Gasteiger partial charge on any atom is 0.258 e. The van der Waals surface area contributed by atoms with Crippen molar-refractivity contribution in [1.82, 2.24) is 20.2 Å². The Labute approximate surface area is 137 Å². The van der Waals surface area contributed by atoms with Crippen molar-refractivity contribution < 1.29 is 13.2 Å². The molecule has 2 heterocycles. The van der Waals surface area contributed by atoms with E-state index < -0.39 is 9.84 Å². The molecule has 0 N–H and O–H groups in total. The minimum absolute atomic E-state index is 0.0476. The summed E-state index contributed by atoms with van der Waals surface area (Å²) in [6, 6.07) is 3.66. The van der Waals surface area contributed by atoms with Crippen LogP contribution in [0, 0.1) is 20.8 Å². The molecule has 0 aliphatic heterocycles. The third-order valence-electron chi connectivity index (χ3n) is 3.40. The summed E-state index contributed by atoms with van der Waals surface area (Å²) in [5.74, 6) is -0.0476. The van der Waals surface area contributed by atoms with Crippen molar-refractivity contribution in [2.24, 2.45) is 0 Å². The van der Waals surface area contributed by atoms with Gasteiger partial charge in [0.15, 0.2) is 0 Å². The first kappa shape index (κ1) is 15.8. The van der Waals surface area contributed by atoms with E-state index in [0.717, 1.165) is 22.5 Å². The van der Waals surface area contributed by atoms with Gasteiger partial charge in [0.2, 0.25) is 9.37 Å². The Morgan fingerprint density at radius 3 is 2.13 bits per heavy atom. The lowest BCUT2D eigenvalue weighted by Crippen LogP contribution is -2.09. The molecule has 0 atom stereocenters. The molecule has 0 radical (unpaired) electrons. The number of sulfone groups is 1. The third-order valence-corrected chi connectivity index (χ3v) is 6.26. The summed E-state index contributed by atoms with van der Waals surface area (Å²) < 4.78 is 30.5. The van der Waals surface area contributed by atoms with Crippen LogP contribution < -0.4 is 4.74 Å². The van der Waals surface area contributed by atoms with Crippen LogP contribution in [0.15, 0.2) is 21.5 Å². The summed E-state index contributed by atoms with van der Waals surface area (Å²) in [6.07, 6.45) is 0. The zero-order chi connectivity index (χ0) is 16.8. The second-order valence-corrected chi connectivity index (χ2v) is 8.27. The van der Waals surface area contributed by atoms with Crippen molar-refractivity contribution >= 4 is 32.2 Å². The van der Waals surface area contributed by atoms with E-state index in [4.69, 9.17) is 4.74 Å². The molecule has 3 aromatic rings. The summed E-state index contributed by atoms with van der Waals surface area (Å²) in [4.78, 5) is 8.56. The summed E-state index contributed by atoms with van der Waals surface area (Å²) >= 11 is 0.986. The molecule has 0 saturated carbocycles. The standard InChI is InChI=1S/C14H14N4O3S2/c1-7-5-10-11(6-8(7)2)16-13(12(15-10)21-4)23(19,20)14-18-17-9(3)22-14/h5-6H,1-4H3. The van der Waals surface area contributed by atoms with E-state index in [1.165, 1.54) is 7.11 Å². The number of nitrogens with zero attached hydrogens (tertiary/aromatic N) is 4. The molecule has 0 saturated heterocycles. The van der Waals surface area contributed by atoms with Crippen molar-refractivity contribution in [2.75, 3.05) is 7.11 Å². The normalized spacial score (nSPS) is 11.8. The van der Waals surface area contributed by atoms with Gasteiger partial charge in [0.05, 0.1) is 18.1 Å². The first-order valence-electron chi connectivity index (χ1n) is 6.71. The zero-order valence-electron chi connectivity index (χ0n) is 13.0. The van der Waals surface area contributed by atoms with E-state index in [-0.39, 0.29) is 15.2 Å². The Morgan fingerprint density at radius 1 is 1.00 bits per heavy atom. The highest BCUT2D eigenvalue weighted by atomic mass is 32.2. The summed E-state index contributed by atoms with van der Waals surface area (Å²) in [6.45, 7) is 5.58. The highest BCUT2D eigenvalue weighted by Crippen LogP contribution is 2.30. The molecular weight excluding hydrogens is 336 g/mol. The predicted molar refractivity (Wildman–Crippen MR) is 85.7 cm³/mol. The first-order chi connectivity index (χ1) is 10.8. The lowest BCUT2D eigenvalue weighted by atomic mass is 10.1. The fraction of sp³-hybridized carbons (Fsp3) is 0.286. The number of hydrogen-bond acceptors (Lipinski definition) is 8. The number of rotatable bonds is 3. The van der Waals surface area contributed by atoms with Gasteiger partial charge in [0, 0.05) is 0 Å². The maximum atomic E-state index is 12.7. The van der Waals surface area contributed by atoms with Crippen molar-refractivity contribution in [3.05, 3.63) is 28.3 Å². The van der Waals surface area contributed by atoms with Crippen LogP contribution in [0.5, 0.6) is 5.88 Å². The number of aromatic nitrogens is 4. The van der Waals surface area contributed by atoms with E-state index in [9.17, 15) is 8.42 Å². The topological polar surface area (TPSA) is 94.9 Å². The maximum absolute atomic E-state index is 12.7. The van der Waals surface area contributed by atoms with Gasteiger partial charge in [-0.1, -0.05) is 11.3 Å². The van der Waals surface area contributed by atoms with Crippen LogP contribution in [0.25, 0.3) is 11.0 Å². The monoisotopic (exact) mass is 350 g/mol. The fourth-order valence-corrected chi connectivity index (χ4v) is 4.40. The van der Waals surface area contributed by atoms with E-state index in [1.54, 1.807) is 6.92 Å². The van der Waals surface area contributed by atoms with Crippen molar-refractivity contribution in [2.45, 2.75) is 30.1 Å². The van der Waals surface area contributed by atoms with Crippen LogP contribution >= 0.6 is 11.3 Å². The van der Waals surface area contributed by atoms with Crippen LogP contribution in [0.1, 0.15) is 16.1 Å². The van der Waals surface area contributed by atoms with E-state index >= 15 is 0 Å². The Hall–Kier alpha value is -2.13. The van der Waals surface area contributed by atoms with Crippen molar-refractivity contribution in [3.8, 4) is 5.88 Å². The van der Waals surface area contributed by atoms with Crippen molar-refractivity contribution in [3.63, 3.8) is 0 Å². The Morgan fingerprint density at radius 2 is 1.61 bits per heavy atom. The van der Waals surface area contributed by atoms with Crippen LogP contribution in [-0.4, -0.2) is 35.7 Å². The number of ether oxygens (including phenoxy) is 1. The molecule has 0 amide bonds. The predicted octanol–water partition coefficient (Wildman–Crippen LogP) is 2.25. The molecule has 0 bridgehead atoms. The molecule has 7 nitrogen and oxygen atoms in total. The Bertz CT molecular complexity index is 1010. The third kappa shape index (κ3) is 2.66. The number of methoxy groups -OCH3 is 1. The molecule has 1 aromatic carbocycles. The fourth-order valence-electron chi connectivity index (χ4n) is 2.06. The second kappa shape index (κ2) is 5.50. The lowest BCUT2D eigenvalue weighted by Gasteiger charge is -2.09. The van der Waals surface area contributed by atoms with Gasteiger partial charge in [0.1, 0.15) is 5.01 Å². The SMILES string of the molecule is COc1nc2cc(C)c(C)cc2nc1S(=O)(=O)c1nnc(C)s1. The number of benzene rings is 1. The summed E-state index contributed by atoms with van der Waals surface area (Å²) in [5.41, 5.74) is 3.13. The average molecular weight is 350 g/mol. The molecule has 23 heavy (non-hydrogen) atoms. The number of aryl methyl sites for hydroxylation is 3. The van der Waals surface area contributed by atoms with Crippen LogP contribution in [0.4, 0.5) is 0 Å². The minimum atomic E-state index is -3.93. The Kier molecular flexibility index (Phi) is 3.77. The molecule has 0 fully saturated rings. The van der Waals surface area contributed by atoms with Gasteiger partial charge < -0.3 is 4.74 Å². The first-order valence-corrected chi connectivity index (χ1v) is 9.01. The largest absolute Gasteiger partial charge is 0.479 e. The molecular formula is C14H14N4O3S2. The second-order valence-electron chi connectivity index (χ2n) is 5.05. The molecule has 2 aromatic heterocycles. The lowest BCUT2D eigenvalue weighted by molar-refractivity contribution is 0.382. The highest BCUT2D eigenvalue weighted by molar-refractivity contribution is 7.93. The van der Waals surface area contributed by atoms with Gasteiger partial charge in [0.25, 0.3) is 15.7 Å². The number of fused-ring (bicyclic) bond motifs is 1. The van der Waals surface area contributed by atoms with E-state index in [1.807, 2.05) is 26.0 Å². The molecule has 3 rings (SSSR count).